The van der Waals surface area contributed by atoms with Crippen molar-refractivity contribution in [1.29, 1.82) is 0 Å². The van der Waals surface area contributed by atoms with Crippen LogP contribution in [0.4, 0.5) is 0 Å². The molecule has 3 nitrogen and oxygen atoms in total. The second kappa shape index (κ2) is 14.5. The smallest absolute Gasteiger partial charge is 0.162 e. The SMILES string of the molecule is CC(C)(C)Cc1cccc2nc3c(cc12)C(C)(C)c1cccc2cc[c-]c-3c12.CCC(CC)C(=O)/C=C(\O)C(CC)CC.[Ir]. The molecule has 0 aliphatic heterocycles. The van der Waals surface area contributed by atoms with E-state index in [1.807, 2.05) is 33.8 Å². The zero-order valence-electron chi connectivity index (χ0n) is 28.1. The Hall–Kier alpha value is -2.81. The molecule has 4 heteroatoms. The summed E-state index contributed by atoms with van der Waals surface area (Å²) in [5.41, 5.74) is 7.54. The van der Waals surface area contributed by atoms with E-state index in [4.69, 9.17) is 4.98 Å². The topological polar surface area (TPSA) is 50.2 Å². The Bertz CT molecular complexity index is 1630. The molecule has 3 aromatic carbocycles. The van der Waals surface area contributed by atoms with E-state index in [2.05, 4.69) is 89.2 Å². The number of aliphatic hydroxyl groups excluding tert-OH is 1. The van der Waals surface area contributed by atoms with Crippen LogP contribution >= 0.6 is 0 Å². The molecular weight excluding hydrogens is 719 g/mol. The van der Waals surface area contributed by atoms with Gasteiger partial charge in [-0.3, -0.25) is 9.78 Å². The summed E-state index contributed by atoms with van der Waals surface area (Å²) in [6, 6.07) is 23.3. The van der Waals surface area contributed by atoms with Gasteiger partial charge in [-0.2, -0.15) is 0 Å². The van der Waals surface area contributed by atoms with Crippen LogP contribution in [0, 0.1) is 23.3 Å². The number of pyridine rings is 1. The van der Waals surface area contributed by atoms with Gasteiger partial charge in [0.2, 0.25) is 0 Å². The molecule has 0 saturated heterocycles. The molecule has 1 aromatic heterocycles. The Kier molecular flexibility index (Phi) is 11.8. The molecule has 0 saturated carbocycles. The summed E-state index contributed by atoms with van der Waals surface area (Å²) in [5.74, 6) is 0.547. The van der Waals surface area contributed by atoms with Crippen LogP contribution in [0.2, 0.25) is 0 Å². The van der Waals surface area contributed by atoms with E-state index in [-0.39, 0.29) is 54.3 Å². The first-order valence-electron chi connectivity index (χ1n) is 16.2. The van der Waals surface area contributed by atoms with E-state index in [0.29, 0.717) is 0 Å². The first-order chi connectivity index (χ1) is 20.4. The number of fused-ring (bicyclic) bond motifs is 3. The van der Waals surface area contributed by atoms with Gasteiger partial charge < -0.3 is 5.11 Å². The van der Waals surface area contributed by atoms with Crippen molar-refractivity contribution in [2.45, 2.75) is 99.8 Å². The minimum atomic E-state index is -0.0902. The Balaban J connectivity index is 0.000000286. The molecule has 1 aliphatic rings. The fourth-order valence-corrected chi connectivity index (χ4v) is 6.56. The van der Waals surface area contributed by atoms with Crippen LogP contribution in [0.3, 0.4) is 0 Å². The molecule has 0 fully saturated rings. The number of aromatic nitrogens is 1. The molecule has 0 atom stereocenters. The van der Waals surface area contributed by atoms with E-state index in [0.717, 1.165) is 48.9 Å². The molecule has 0 amide bonds. The Morgan fingerprint density at radius 1 is 0.932 bits per heavy atom. The summed E-state index contributed by atoms with van der Waals surface area (Å²) in [6.45, 7) is 19.6. The molecule has 0 spiro atoms. The maximum absolute atomic E-state index is 11.7. The number of ketones is 1. The van der Waals surface area contributed by atoms with Crippen molar-refractivity contribution in [3.8, 4) is 11.3 Å². The summed E-state index contributed by atoms with van der Waals surface area (Å²) >= 11 is 0. The van der Waals surface area contributed by atoms with Crippen molar-refractivity contribution >= 4 is 27.5 Å². The number of rotatable bonds is 8. The van der Waals surface area contributed by atoms with Crippen LogP contribution in [0.1, 0.15) is 105 Å². The number of nitrogens with zero attached hydrogens (tertiary/aromatic N) is 1. The van der Waals surface area contributed by atoms with E-state index in [1.165, 1.54) is 38.9 Å². The van der Waals surface area contributed by atoms with Crippen LogP contribution in [0.25, 0.3) is 32.9 Å². The molecule has 1 radical (unpaired) electrons. The average molecular weight is 769 g/mol. The summed E-state index contributed by atoms with van der Waals surface area (Å²) in [5, 5.41) is 13.6. The Morgan fingerprint density at radius 3 is 2.18 bits per heavy atom. The predicted octanol–water partition coefficient (Wildman–Crippen LogP) is 11.0. The molecule has 5 rings (SSSR count). The first-order valence-corrected chi connectivity index (χ1v) is 16.2. The maximum Gasteiger partial charge on any atom is 0.162 e. The fourth-order valence-electron chi connectivity index (χ4n) is 6.56. The van der Waals surface area contributed by atoms with Crippen LogP contribution in [-0.2, 0) is 36.7 Å². The zero-order valence-corrected chi connectivity index (χ0v) is 30.5. The summed E-state index contributed by atoms with van der Waals surface area (Å²) in [7, 11) is 0. The van der Waals surface area contributed by atoms with Gasteiger partial charge in [0.1, 0.15) is 0 Å². The second-order valence-corrected chi connectivity index (χ2v) is 13.9. The molecule has 0 bridgehead atoms. The third-order valence-corrected chi connectivity index (χ3v) is 9.17. The zero-order chi connectivity index (χ0) is 31.5. The van der Waals surface area contributed by atoms with Gasteiger partial charge in [0.05, 0.1) is 11.3 Å². The van der Waals surface area contributed by atoms with Crippen molar-refractivity contribution in [2.75, 3.05) is 0 Å². The molecular formula is C40H50IrNO2-. The van der Waals surface area contributed by atoms with E-state index in [1.54, 1.807) is 0 Å². The Morgan fingerprint density at radius 2 is 1.57 bits per heavy atom. The second-order valence-electron chi connectivity index (χ2n) is 13.9. The van der Waals surface area contributed by atoms with Crippen molar-refractivity contribution < 1.29 is 30.0 Å². The molecule has 44 heavy (non-hydrogen) atoms. The number of carbonyl (C=O) groups is 1. The third kappa shape index (κ3) is 7.35. The van der Waals surface area contributed by atoms with Crippen molar-refractivity contribution in [2.24, 2.45) is 17.3 Å². The van der Waals surface area contributed by atoms with Crippen molar-refractivity contribution in [3.05, 3.63) is 89.2 Å². The predicted molar refractivity (Wildman–Crippen MR) is 183 cm³/mol. The fraction of sp³-hybridized carbons (Fsp3) is 0.450. The van der Waals surface area contributed by atoms with Crippen LogP contribution in [0.5, 0.6) is 0 Å². The van der Waals surface area contributed by atoms with E-state index < -0.39 is 0 Å². The monoisotopic (exact) mass is 769 g/mol. The van der Waals surface area contributed by atoms with E-state index >= 15 is 0 Å². The standard InChI is InChI=1S/C27H26N.C13H24O2.Ir/c1-26(2,3)16-18-11-8-14-23-20(18)15-22-25(28-23)19-12-6-9-17-10-7-13-21(24(17)19)27(22,4)5;1-5-10(6-2)12(14)9-13(15)11(7-3)8-4;/h6-11,13-15H,16H2,1-5H3;9-11,14H,5-8H2,1-4H3;/q-1;;/b;12-9-;. The largest absolute Gasteiger partial charge is 0.512 e. The number of benzene rings is 3. The van der Waals surface area contributed by atoms with Crippen LogP contribution in [-0.4, -0.2) is 15.9 Å². The molecule has 1 N–H and O–H groups in total. The van der Waals surface area contributed by atoms with Gasteiger partial charge >= 0.3 is 0 Å². The molecule has 237 valence electrons. The van der Waals surface area contributed by atoms with Gasteiger partial charge in [0.25, 0.3) is 0 Å². The number of carbonyl (C=O) groups excluding carboxylic acids is 1. The van der Waals surface area contributed by atoms with Gasteiger partial charge in [0, 0.05) is 48.8 Å². The number of hydrogen-bond donors (Lipinski definition) is 1. The first kappa shape index (κ1) is 35.7. The average Bonchev–Trinajstić information content (AvgIpc) is 2.96. The minimum Gasteiger partial charge on any atom is -0.512 e. The molecule has 4 aromatic rings. The molecule has 1 heterocycles. The normalized spacial score (nSPS) is 13.8. The summed E-state index contributed by atoms with van der Waals surface area (Å²) in [4.78, 5) is 16.9. The molecule has 1 aliphatic carbocycles. The Labute approximate surface area is 278 Å². The van der Waals surface area contributed by atoms with Gasteiger partial charge in [0.15, 0.2) is 5.78 Å². The number of hydrogen-bond acceptors (Lipinski definition) is 3. The number of aliphatic hydroxyl groups is 1. The summed E-state index contributed by atoms with van der Waals surface area (Å²) < 4.78 is 0. The minimum absolute atomic E-state index is 0. The van der Waals surface area contributed by atoms with Gasteiger partial charge in [-0.25, -0.2) is 0 Å². The van der Waals surface area contributed by atoms with Gasteiger partial charge in [-0.15, -0.1) is 29.1 Å². The van der Waals surface area contributed by atoms with Crippen LogP contribution in [0.15, 0.2) is 66.4 Å². The number of allylic oxidation sites excluding steroid dienone is 2. The maximum atomic E-state index is 11.7. The van der Waals surface area contributed by atoms with Crippen LogP contribution < -0.4 is 0 Å². The van der Waals surface area contributed by atoms with Crippen molar-refractivity contribution in [3.63, 3.8) is 0 Å². The van der Waals surface area contributed by atoms with Gasteiger partial charge in [-0.05, 0) is 54.8 Å². The third-order valence-electron chi connectivity index (χ3n) is 9.17. The van der Waals surface area contributed by atoms with Crippen molar-refractivity contribution in [1.82, 2.24) is 4.98 Å². The quantitative estimate of drug-likeness (QED) is 0.110. The van der Waals surface area contributed by atoms with E-state index in [9.17, 15) is 9.90 Å². The molecule has 0 unspecified atom stereocenters. The van der Waals surface area contributed by atoms with Gasteiger partial charge in [-0.1, -0.05) is 115 Å². The summed E-state index contributed by atoms with van der Waals surface area (Å²) in [6.07, 6.45) is 5.95.